The number of allylic oxidation sites excluding steroid dienone is 1. The van der Waals surface area contributed by atoms with Gasteiger partial charge in [0.25, 0.3) is 23.4 Å². The second kappa shape index (κ2) is 29.6. The van der Waals surface area contributed by atoms with Gasteiger partial charge in [0.1, 0.15) is 5.76 Å². The number of unbranched alkanes of at least 4 members (excludes halogenated alkanes) is 4. The molecule has 2 N–H and O–H groups in total. The summed E-state index contributed by atoms with van der Waals surface area (Å²) in [5.41, 5.74) is 0.605. The Kier molecular flexibility index (Phi) is 25.6. The van der Waals surface area contributed by atoms with Gasteiger partial charge in [-0.1, -0.05) is 132 Å². The van der Waals surface area contributed by atoms with Crippen molar-refractivity contribution in [3.63, 3.8) is 0 Å². The summed E-state index contributed by atoms with van der Waals surface area (Å²) in [6.45, 7) is 21.3. The molecule has 0 saturated heterocycles. The zero-order valence-electron chi connectivity index (χ0n) is 39.7. The van der Waals surface area contributed by atoms with E-state index in [4.69, 9.17) is 0 Å². The molecule has 12 heteroatoms. The van der Waals surface area contributed by atoms with Crippen LogP contribution >= 0.6 is 0 Å². The van der Waals surface area contributed by atoms with Gasteiger partial charge in [0.05, 0.1) is 10.6 Å². The summed E-state index contributed by atoms with van der Waals surface area (Å²) in [6, 6.07) is 10.3. The van der Waals surface area contributed by atoms with E-state index >= 15 is 0 Å². The van der Waals surface area contributed by atoms with Gasteiger partial charge in [-0.3, -0.25) is 24.5 Å². The van der Waals surface area contributed by atoms with Gasteiger partial charge < -0.3 is 20.2 Å². The smallest absolute Gasteiger partial charge is 0.279 e. The number of aliphatic hydroxyl groups is 1. The molecule has 0 aliphatic heterocycles. The monoisotopic (exact) mass is 861 g/mol. The second-order valence-electron chi connectivity index (χ2n) is 17.2. The van der Waals surface area contributed by atoms with Crippen molar-refractivity contribution < 1.29 is 24.4 Å². The van der Waals surface area contributed by atoms with Crippen molar-refractivity contribution >= 4 is 34.8 Å². The quantitative estimate of drug-likeness (QED) is 0.0252. The molecule has 0 radical (unpaired) electrons. The number of benzene rings is 2. The lowest BCUT2D eigenvalue weighted by Gasteiger charge is -2.32. The number of nitrogens with zero attached hydrogens (tertiary/aromatic N) is 5. The molecule has 12 nitrogen and oxygen atoms in total. The number of hydrogen-bond acceptors (Lipinski definition) is 8. The zero-order valence-corrected chi connectivity index (χ0v) is 39.7. The average Bonchev–Trinajstić information content (AvgIpc) is 3.27. The van der Waals surface area contributed by atoms with E-state index in [1.165, 1.54) is 31.2 Å². The predicted octanol–water partition coefficient (Wildman–Crippen LogP) is 13.9. The van der Waals surface area contributed by atoms with Crippen LogP contribution in [0.4, 0.5) is 17.1 Å². The van der Waals surface area contributed by atoms with E-state index in [-0.39, 0.29) is 34.6 Å². The lowest BCUT2D eigenvalue weighted by molar-refractivity contribution is -0.384. The molecule has 0 spiro atoms. The maximum absolute atomic E-state index is 15.0. The van der Waals surface area contributed by atoms with Crippen molar-refractivity contribution in [3.8, 4) is 0 Å². The number of carbonyl (C=O) groups is 3. The first-order valence-corrected chi connectivity index (χ1v) is 23.9. The first kappa shape index (κ1) is 53.5. The molecule has 2 aromatic rings. The molecule has 4 atom stereocenters. The Bertz CT molecular complexity index is 1620. The fraction of sp³-hybridized carbons (Fsp3) is 0.660. The van der Waals surface area contributed by atoms with Crippen molar-refractivity contribution in [1.29, 1.82) is 0 Å². The van der Waals surface area contributed by atoms with Crippen molar-refractivity contribution in [3.05, 3.63) is 75.2 Å². The number of amides is 3. The molecule has 0 aliphatic rings. The molecule has 2 rings (SSSR count). The van der Waals surface area contributed by atoms with Gasteiger partial charge in [0, 0.05) is 55.1 Å². The molecule has 346 valence electrons. The Hall–Kier alpha value is -4.61. The molecule has 0 bridgehead atoms. The number of nitro groups is 1. The van der Waals surface area contributed by atoms with Crippen LogP contribution in [0.5, 0.6) is 0 Å². The fourth-order valence-corrected chi connectivity index (χ4v) is 7.92. The van der Waals surface area contributed by atoms with Crippen LogP contribution in [0.15, 0.2) is 64.1 Å². The third-order valence-electron chi connectivity index (χ3n) is 12.2. The number of nitrogens with one attached hydrogen (secondary N) is 1. The summed E-state index contributed by atoms with van der Waals surface area (Å²) in [6.07, 6.45) is 16.6. The van der Waals surface area contributed by atoms with E-state index in [2.05, 4.69) is 70.9 Å². The number of non-ortho nitro benzene ring substituents is 1. The molecule has 62 heavy (non-hydrogen) atoms. The van der Waals surface area contributed by atoms with Crippen molar-refractivity contribution in [2.75, 3.05) is 31.5 Å². The summed E-state index contributed by atoms with van der Waals surface area (Å²) in [4.78, 5) is 58.0. The van der Waals surface area contributed by atoms with E-state index < -0.39 is 16.6 Å². The van der Waals surface area contributed by atoms with Crippen molar-refractivity contribution in [2.24, 2.45) is 33.9 Å². The van der Waals surface area contributed by atoms with Crippen molar-refractivity contribution in [1.82, 2.24) is 9.80 Å². The van der Waals surface area contributed by atoms with Crippen LogP contribution in [-0.4, -0.2) is 63.7 Å². The van der Waals surface area contributed by atoms with Gasteiger partial charge in [-0.05, 0) is 86.6 Å². The van der Waals surface area contributed by atoms with E-state index in [1.807, 2.05) is 9.80 Å². The first-order chi connectivity index (χ1) is 29.8. The highest BCUT2D eigenvalue weighted by molar-refractivity contribution is 6.04. The number of nitro benzene ring substituents is 1. The van der Waals surface area contributed by atoms with Crippen LogP contribution in [0.25, 0.3) is 0 Å². The summed E-state index contributed by atoms with van der Waals surface area (Å²) in [7, 11) is 0. The Balaban J connectivity index is 2.80. The summed E-state index contributed by atoms with van der Waals surface area (Å²) in [5, 5.41) is 33.0. The lowest BCUT2D eigenvalue weighted by Crippen LogP contribution is -2.40. The lowest BCUT2D eigenvalue weighted by atomic mass is 9.94. The highest BCUT2D eigenvalue weighted by Crippen LogP contribution is 2.28. The molecule has 2 aromatic carbocycles. The van der Waals surface area contributed by atoms with E-state index in [1.54, 1.807) is 18.2 Å². The van der Waals surface area contributed by atoms with Crippen LogP contribution in [0.2, 0.25) is 0 Å². The molecule has 3 amide bonds. The Morgan fingerprint density at radius 1 is 0.645 bits per heavy atom. The summed E-state index contributed by atoms with van der Waals surface area (Å²) >= 11 is 0. The summed E-state index contributed by atoms with van der Waals surface area (Å²) in [5.74, 6) is -0.185. The number of azo groups is 1. The highest BCUT2D eigenvalue weighted by Gasteiger charge is 2.27. The molecule has 0 fully saturated rings. The number of carbonyl (C=O) groups excluding carboxylic acids is 3. The summed E-state index contributed by atoms with van der Waals surface area (Å²) < 4.78 is 0. The van der Waals surface area contributed by atoms with Gasteiger partial charge in [0.2, 0.25) is 0 Å². The Morgan fingerprint density at radius 3 is 1.32 bits per heavy atom. The molecule has 0 heterocycles. The van der Waals surface area contributed by atoms with Gasteiger partial charge in [0.15, 0.2) is 5.70 Å². The molecule has 0 saturated carbocycles. The predicted molar refractivity (Wildman–Crippen MR) is 253 cm³/mol. The van der Waals surface area contributed by atoms with E-state index in [0.29, 0.717) is 61.0 Å². The van der Waals surface area contributed by atoms with Crippen LogP contribution in [0.3, 0.4) is 0 Å². The normalized spacial score (nSPS) is 13.9. The van der Waals surface area contributed by atoms with E-state index in [9.17, 15) is 29.6 Å². The third-order valence-corrected chi connectivity index (χ3v) is 12.2. The minimum absolute atomic E-state index is 0.136. The average molecular weight is 861 g/mol. The van der Waals surface area contributed by atoms with Gasteiger partial charge >= 0.3 is 0 Å². The van der Waals surface area contributed by atoms with Crippen molar-refractivity contribution in [2.45, 2.75) is 165 Å². The minimum Gasteiger partial charge on any atom is -0.510 e. The topological polar surface area (TPSA) is 158 Å². The van der Waals surface area contributed by atoms with Gasteiger partial charge in [-0.15, -0.1) is 5.11 Å². The number of aliphatic hydroxyl groups excluding tert-OH is 1. The Labute approximate surface area is 373 Å². The number of rotatable bonds is 31. The second-order valence-corrected chi connectivity index (χ2v) is 17.2. The molecular formula is C50H80N6O6. The minimum atomic E-state index is -0.783. The van der Waals surface area contributed by atoms with Gasteiger partial charge in [-0.2, -0.15) is 5.11 Å². The number of hydrogen-bond donors (Lipinski definition) is 2. The van der Waals surface area contributed by atoms with Crippen LogP contribution in [0.1, 0.15) is 186 Å². The standard InChI is InChI=1S/C50H80N6O6/c1-10-18-22-38(14-5)33-54(34-39(15-6)23-19-11-2)49(59)42-30-43(50(60)55(35-40(16-7)24-20-12-3)36-41(17-8)25-21-13-4)32-45(31-42)52-53-47(37(9)57)48(58)51-44-26-28-46(29-27-44)56(61)62/h26-32,38-41,57H,10-25,33-36H2,1-9H3,(H,51,58). The van der Waals surface area contributed by atoms with Crippen LogP contribution in [-0.2, 0) is 4.79 Å². The van der Waals surface area contributed by atoms with E-state index in [0.717, 1.165) is 103 Å². The van der Waals surface area contributed by atoms with Crippen LogP contribution in [0, 0.1) is 33.8 Å². The molecule has 0 aromatic heterocycles. The first-order valence-electron chi connectivity index (χ1n) is 23.9. The molecular weight excluding hydrogens is 781 g/mol. The largest absolute Gasteiger partial charge is 0.510 e. The maximum Gasteiger partial charge on any atom is 0.279 e. The molecule has 0 aliphatic carbocycles. The number of anilines is 1. The third kappa shape index (κ3) is 18.4. The zero-order chi connectivity index (χ0) is 46.0. The van der Waals surface area contributed by atoms with Crippen LogP contribution < -0.4 is 5.32 Å². The Morgan fingerprint density at radius 2 is 1.02 bits per heavy atom. The maximum atomic E-state index is 15.0. The SMILES string of the molecule is CCCCC(CC)CN(CC(CC)CCCC)C(=O)c1cc(N=NC(C(=O)Nc2ccc([N+](=O)[O-])cc2)=C(C)O)cc(C(=O)N(CC(CC)CCCC)CC(CC)CCCC)c1. The fourth-order valence-electron chi connectivity index (χ4n) is 7.92. The highest BCUT2D eigenvalue weighted by atomic mass is 16.6. The van der Waals surface area contributed by atoms with Gasteiger partial charge in [-0.25, -0.2) is 0 Å². The molecule has 4 unspecified atom stereocenters.